The first-order valence-corrected chi connectivity index (χ1v) is 3.08. The molecule has 0 spiro atoms. The monoisotopic (exact) mass is 151 g/mol. The molecular formula is C7H7N2O2. The van der Waals surface area contributed by atoms with Crippen molar-refractivity contribution < 1.29 is 9.59 Å². The highest BCUT2D eigenvalue weighted by molar-refractivity contribution is 6.09. The lowest BCUT2D eigenvalue weighted by atomic mass is 10.3. The van der Waals surface area contributed by atoms with E-state index in [9.17, 15) is 9.59 Å². The van der Waals surface area contributed by atoms with Gasteiger partial charge in [-0.15, -0.1) is 0 Å². The van der Waals surface area contributed by atoms with Crippen LogP contribution < -0.4 is 0 Å². The molecule has 0 fully saturated rings. The SMILES string of the molecule is CC(=O)[CH]C(=O)n1ccnc1. The molecule has 0 aromatic carbocycles. The minimum atomic E-state index is -0.366. The molecule has 0 atom stereocenters. The van der Waals surface area contributed by atoms with Crippen molar-refractivity contribution in [2.45, 2.75) is 6.92 Å². The summed E-state index contributed by atoms with van der Waals surface area (Å²) in [6, 6.07) is 0. The number of ketones is 1. The van der Waals surface area contributed by atoms with Gasteiger partial charge in [-0.3, -0.25) is 14.2 Å². The van der Waals surface area contributed by atoms with Crippen LogP contribution in [0.5, 0.6) is 0 Å². The van der Waals surface area contributed by atoms with E-state index in [0.29, 0.717) is 0 Å². The number of carbonyl (C=O) groups excluding carboxylic acids is 2. The van der Waals surface area contributed by atoms with Gasteiger partial charge < -0.3 is 0 Å². The lowest BCUT2D eigenvalue weighted by molar-refractivity contribution is -0.113. The van der Waals surface area contributed by atoms with Crippen molar-refractivity contribution >= 4 is 11.7 Å². The van der Waals surface area contributed by atoms with Crippen molar-refractivity contribution in [3.8, 4) is 0 Å². The summed E-state index contributed by atoms with van der Waals surface area (Å²) in [5.41, 5.74) is 0. The molecule has 1 heterocycles. The summed E-state index contributed by atoms with van der Waals surface area (Å²) >= 11 is 0. The molecule has 0 saturated carbocycles. The minimum Gasteiger partial charge on any atom is -0.299 e. The Morgan fingerprint density at radius 3 is 2.73 bits per heavy atom. The highest BCUT2D eigenvalue weighted by Crippen LogP contribution is 1.90. The van der Waals surface area contributed by atoms with Gasteiger partial charge in [0.05, 0.1) is 0 Å². The molecule has 57 valence electrons. The van der Waals surface area contributed by atoms with Crippen LogP contribution in [0.4, 0.5) is 0 Å². The van der Waals surface area contributed by atoms with Crippen LogP contribution in [-0.2, 0) is 4.79 Å². The van der Waals surface area contributed by atoms with E-state index in [2.05, 4.69) is 4.98 Å². The minimum absolute atomic E-state index is 0.260. The van der Waals surface area contributed by atoms with E-state index in [0.717, 1.165) is 6.42 Å². The van der Waals surface area contributed by atoms with Crippen molar-refractivity contribution in [3.63, 3.8) is 0 Å². The van der Waals surface area contributed by atoms with Crippen LogP contribution in [0.15, 0.2) is 18.7 Å². The van der Waals surface area contributed by atoms with Crippen molar-refractivity contribution in [2.24, 2.45) is 0 Å². The Morgan fingerprint density at radius 1 is 1.55 bits per heavy atom. The smallest absolute Gasteiger partial charge is 0.243 e. The van der Waals surface area contributed by atoms with Gasteiger partial charge in [0.1, 0.15) is 18.5 Å². The third-order valence-electron chi connectivity index (χ3n) is 1.09. The molecule has 0 unspecified atom stereocenters. The van der Waals surface area contributed by atoms with Crippen LogP contribution >= 0.6 is 0 Å². The largest absolute Gasteiger partial charge is 0.299 e. The molecule has 0 aliphatic carbocycles. The summed E-state index contributed by atoms with van der Waals surface area (Å²) in [5.74, 6) is -0.626. The van der Waals surface area contributed by atoms with Gasteiger partial charge in [-0.2, -0.15) is 0 Å². The molecule has 4 heteroatoms. The van der Waals surface area contributed by atoms with E-state index in [1.54, 1.807) is 0 Å². The summed E-state index contributed by atoms with van der Waals surface area (Å²) in [7, 11) is 0. The fourth-order valence-electron chi connectivity index (χ4n) is 0.638. The highest BCUT2D eigenvalue weighted by Gasteiger charge is 2.06. The second-order valence-corrected chi connectivity index (χ2v) is 2.06. The first kappa shape index (κ1) is 7.65. The van der Waals surface area contributed by atoms with Crippen LogP contribution in [0.3, 0.4) is 0 Å². The van der Waals surface area contributed by atoms with Crippen LogP contribution in [0.2, 0.25) is 0 Å². The summed E-state index contributed by atoms with van der Waals surface area (Å²) in [6.07, 6.45) is 5.33. The molecule has 0 aliphatic heterocycles. The molecule has 0 aliphatic rings. The molecule has 0 saturated heterocycles. The maximum absolute atomic E-state index is 11.0. The Balaban J connectivity index is 2.64. The quantitative estimate of drug-likeness (QED) is 0.572. The van der Waals surface area contributed by atoms with Gasteiger partial charge in [-0.1, -0.05) is 0 Å². The Kier molecular flexibility index (Phi) is 2.15. The van der Waals surface area contributed by atoms with Crippen molar-refractivity contribution in [1.82, 2.24) is 9.55 Å². The van der Waals surface area contributed by atoms with Crippen LogP contribution in [0.1, 0.15) is 11.7 Å². The summed E-state index contributed by atoms with van der Waals surface area (Å²) in [5, 5.41) is 0. The van der Waals surface area contributed by atoms with E-state index >= 15 is 0 Å². The number of hydrogen-bond acceptors (Lipinski definition) is 3. The van der Waals surface area contributed by atoms with Gasteiger partial charge in [0.15, 0.2) is 0 Å². The fourth-order valence-corrected chi connectivity index (χ4v) is 0.638. The van der Waals surface area contributed by atoms with Crippen LogP contribution in [0, 0.1) is 6.42 Å². The first-order chi connectivity index (χ1) is 5.20. The van der Waals surface area contributed by atoms with Crippen LogP contribution in [-0.4, -0.2) is 21.2 Å². The van der Waals surface area contributed by atoms with Gasteiger partial charge in [-0.25, -0.2) is 4.98 Å². The Labute approximate surface area is 63.9 Å². The van der Waals surface area contributed by atoms with Gasteiger partial charge in [0, 0.05) is 12.4 Å². The molecule has 0 bridgehead atoms. The predicted molar refractivity (Wildman–Crippen MR) is 37.8 cm³/mol. The molecule has 0 amide bonds. The summed E-state index contributed by atoms with van der Waals surface area (Å²) in [4.78, 5) is 25.1. The number of aromatic nitrogens is 2. The third-order valence-corrected chi connectivity index (χ3v) is 1.09. The van der Waals surface area contributed by atoms with Gasteiger partial charge in [0.2, 0.25) is 5.91 Å². The Hall–Kier alpha value is -1.45. The van der Waals surface area contributed by atoms with E-state index in [4.69, 9.17) is 0 Å². The average molecular weight is 151 g/mol. The van der Waals surface area contributed by atoms with Crippen LogP contribution in [0.25, 0.3) is 0 Å². The molecule has 11 heavy (non-hydrogen) atoms. The molecule has 1 aromatic rings. The Bertz CT molecular complexity index is 264. The number of imidazole rings is 1. The average Bonchev–Trinajstić information content (AvgIpc) is 2.35. The number of hydrogen-bond donors (Lipinski definition) is 0. The number of carbonyl (C=O) groups is 2. The third kappa shape index (κ3) is 2.00. The zero-order valence-corrected chi connectivity index (χ0v) is 6.02. The molecular weight excluding hydrogens is 144 g/mol. The molecule has 1 rings (SSSR count). The lowest BCUT2D eigenvalue weighted by Gasteiger charge is -1.94. The van der Waals surface area contributed by atoms with E-state index in [1.165, 1.54) is 30.2 Å². The molecule has 1 radical (unpaired) electrons. The van der Waals surface area contributed by atoms with Gasteiger partial charge in [0.25, 0.3) is 0 Å². The molecule has 0 N–H and O–H groups in total. The van der Waals surface area contributed by atoms with E-state index in [-0.39, 0.29) is 11.7 Å². The fraction of sp³-hybridized carbons (Fsp3) is 0.143. The zero-order valence-electron chi connectivity index (χ0n) is 6.02. The number of nitrogens with zero attached hydrogens (tertiary/aromatic N) is 2. The van der Waals surface area contributed by atoms with Crippen molar-refractivity contribution in [3.05, 3.63) is 25.1 Å². The van der Waals surface area contributed by atoms with Gasteiger partial charge in [-0.05, 0) is 6.92 Å². The Morgan fingerprint density at radius 2 is 2.27 bits per heavy atom. The first-order valence-electron chi connectivity index (χ1n) is 3.08. The summed E-state index contributed by atoms with van der Waals surface area (Å²) < 4.78 is 1.24. The van der Waals surface area contributed by atoms with Gasteiger partial charge >= 0.3 is 0 Å². The highest BCUT2D eigenvalue weighted by atomic mass is 16.2. The maximum Gasteiger partial charge on any atom is 0.243 e. The zero-order chi connectivity index (χ0) is 8.27. The van der Waals surface area contributed by atoms with Crippen molar-refractivity contribution in [2.75, 3.05) is 0 Å². The van der Waals surface area contributed by atoms with E-state index in [1.807, 2.05) is 0 Å². The summed E-state index contributed by atoms with van der Waals surface area (Å²) in [6.45, 7) is 1.33. The second kappa shape index (κ2) is 3.09. The number of Topliss-reactive ketones (excluding diaryl/α,β-unsaturated/α-hetero) is 1. The number of rotatable bonds is 2. The lowest BCUT2D eigenvalue weighted by Crippen LogP contribution is -2.12. The van der Waals surface area contributed by atoms with Crippen molar-refractivity contribution in [1.29, 1.82) is 0 Å². The normalized spacial score (nSPS) is 9.55. The standard InChI is InChI=1S/C7H7N2O2/c1-6(10)4-7(11)9-3-2-8-5-9/h2-5H,1H3. The second-order valence-electron chi connectivity index (χ2n) is 2.06. The van der Waals surface area contributed by atoms with E-state index < -0.39 is 0 Å². The maximum atomic E-state index is 11.0. The molecule has 4 nitrogen and oxygen atoms in total. The topological polar surface area (TPSA) is 52.0 Å². The predicted octanol–water partition coefficient (Wildman–Crippen LogP) is 0.317. The molecule has 1 aromatic heterocycles.